The van der Waals surface area contributed by atoms with Gasteiger partial charge in [0.1, 0.15) is 5.69 Å². The second-order valence-corrected chi connectivity index (χ2v) is 5.25. The summed E-state index contributed by atoms with van der Waals surface area (Å²) in [7, 11) is 0. The van der Waals surface area contributed by atoms with Crippen molar-refractivity contribution in [3.05, 3.63) is 29.6 Å². The smallest absolute Gasteiger partial charge is 0.272 e. The van der Waals surface area contributed by atoms with E-state index in [0.29, 0.717) is 24.1 Å². The van der Waals surface area contributed by atoms with Crippen LogP contribution in [0.2, 0.25) is 0 Å². The van der Waals surface area contributed by atoms with E-state index >= 15 is 0 Å². The molecule has 2 heterocycles. The maximum atomic E-state index is 12.3. The average Bonchev–Trinajstić information content (AvgIpc) is 2.41. The molecule has 98 valence electrons. The van der Waals surface area contributed by atoms with E-state index in [-0.39, 0.29) is 5.91 Å². The summed E-state index contributed by atoms with van der Waals surface area (Å²) in [4.78, 5) is 18.4. The minimum absolute atomic E-state index is 0.0392. The third-order valence-corrected chi connectivity index (χ3v) is 3.90. The monoisotopic (exact) mass is 247 g/mol. The molecule has 1 aliphatic heterocycles. The van der Waals surface area contributed by atoms with Gasteiger partial charge in [-0.2, -0.15) is 0 Å². The molecular formula is C14H21N3O. The second kappa shape index (κ2) is 5.48. The Hall–Kier alpha value is -1.42. The van der Waals surface area contributed by atoms with Crippen molar-refractivity contribution in [3.8, 4) is 0 Å². The van der Waals surface area contributed by atoms with Gasteiger partial charge in [0.25, 0.3) is 5.91 Å². The number of hydrogen-bond donors (Lipinski definition) is 1. The van der Waals surface area contributed by atoms with Gasteiger partial charge in [0.2, 0.25) is 0 Å². The average molecular weight is 247 g/mol. The zero-order valence-electron chi connectivity index (χ0n) is 11.1. The molecule has 0 saturated carbocycles. The third-order valence-electron chi connectivity index (χ3n) is 3.90. The SMILES string of the molecule is CC1CCN(C(=O)c2ccc(CN)cn2)CC1C. The maximum absolute atomic E-state index is 12.3. The summed E-state index contributed by atoms with van der Waals surface area (Å²) in [6, 6.07) is 3.64. The molecule has 0 aromatic carbocycles. The molecule has 4 heteroatoms. The first kappa shape index (κ1) is 13.0. The highest BCUT2D eigenvalue weighted by molar-refractivity contribution is 5.92. The summed E-state index contributed by atoms with van der Waals surface area (Å²) >= 11 is 0. The number of piperidine rings is 1. The molecule has 1 amide bonds. The minimum Gasteiger partial charge on any atom is -0.337 e. The van der Waals surface area contributed by atoms with Crippen LogP contribution in [0.4, 0.5) is 0 Å². The number of amides is 1. The number of likely N-dealkylation sites (tertiary alicyclic amines) is 1. The lowest BCUT2D eigenvalue weighted by molar-refractivity contribution is 0.0621. The summed E-state index contributed by atoms with van der Waals surface area (Å²) in [5, 5.41) is 0. The topological polar surface area (TPSA) is 59.2 Å². The van der Waals surface area contributed by atoms with Crippen molar-refractivity contribution in [1.29, 1.82) is 0 Å². The number of carbonyl (C=O) groups is 1. The van der Waals surface area contributed by atoms with E-state index in [2.05, 4.69) is 18.8 Å². The van der Waals surface area contributed by atoms with E-state index in [9.17, 15) is 4.79 Å². The van der Waals surface area contributed by atoms with Crippen molar-refractivity contribution >= 4 is 5.91 Å². The summed E-state index contributed by atoms with van der Waals surface area (Å²) in [6.07, 6.45) is 2.76. The predicted octanol–water partition coefficient (Wildman–Crippen LogP) is 1.66. The van der Waals surface area contributed by atoms with Gasteiger partial charge in [-0.05, 0) is 29.9 Å². The normalized spacial score (nSPS) is 24.1. The molecule has 0 bridgehead atoms. The van der Waals surface area contributed by atoms with Gasteiger partial charge in [-0.25, -0.2) is 0 Å². The zero-order valence-corrected chi connectivity index (χ0v) is 11.1. The van der Waals surface area contributed by atoms with Crippen molar-refractivity contribution in [2.75, 3.05) is 13.1 Å². The van der Waals surface area contributed by atoms with Gasteiger partial charge in [-0.3, -0.25) is 9.78 Å². The van der Waals surface area contributed by atoms with Crippen LogP contribution in [0.5, 0.6) is 0 Å². The first-order valence-corrected chi connectivity index (χ1v) is 6.56. The van der Waals surface area contributed by atoms with Crippen LogP contribution in [-0.2, 0) is 6.54 Å². The van der Waals surface area contributed by atoms with Crippen molar-refractivity contribution in [2.24, 2.45) is 17.6 Å². The Labute approximate surface area is 108 Å². The second-order valence-electron chi connectivity index (χ2n) is 5.25. The van der Waals surface area contributed by atoms with E-state index < -0.39 is 0 Å². The van der Waals surface area contributed by atoms with E-state index in [1.165, 1.54) is 0 Å². The molecule has 1 fully saturated rings. The molecule has 0 spiro atoms. The van der Waals surface area contributed by atoms with Crippen LogP contribution < -0.4 is 5.73 Å². The Bertz CT molecular complexity index is 416. The van der Waals surface area contributed by atoms with Crippen LogP contribution >= 0.6 is 0 Å². The lowest BCUT2D eigenvalue weighted by atomic mass is 9.88. The van der Waals surface area contributed by atoms with Crippen LogP contribution in [0, 0.1) is 11.8 Å². The number of carbonyl (C=O) groups excluding carboxylic acids is 1. The van der Waals surface area contributed by atoms with Gasteiger partial charge < -0.3 is 10.6 Å². The van der Waals surface area contributed by atoms with Crippen molar-refractivity contribution in [1.82, 2.24) is 9.88 Å². The Kier molecular flexibility index (Phi) is 3.97. The number of rotatable bonds is 2. The lowest BCUT2D eigenvalue weighted by Gasteiger charge is -2.35. The number of aromatic nitrogens is 1. The molecule has 0 radical (unpaired) electrons. The van der Waals surface area contributed by atoms with Crippen LogP contribution in [0.25, 0.3) is 0 Å². The van der Waals surface area contributed by atoms with Crippen molar-refractivity contribution < 1.29 is 4.79 Å². The van der Waals surface area contributed by atoms with Gasteiger partial charge in [-0.1, -0.05) is 19.9 Å². The van der Waals surface area contributed by atoms with Gasteiger partial charge >= 0.3 is 0 Å². The van der Waals surface area contributed by atoms with Gasteiger partial charge in [0, 0.05) is 25.8 Å². The highest BCUT2D eigenvalue weighted by Gasteiger charge is 2.26. The van der Waals surface area contributed by atoms with E-state index in [1.54, 1.807) is 12.3 Å². The lowest BCUT2D eigenvalue weighted by Crippen LogP contribution is -2.42. The number of hydrogen-bond acceptors (Lipinski definition) is 3. The molecule has 4 nitrogen and oxygen atoms in total. The Balaban J connectivity index is 2.06. The Morgan fingerprint density at radius 3 is 2.78 bits per heavy atom. The van der Waals surface area contributed by atoms with Crippen LogP contribution in [0.1, 0.15) is 36.3 Å². The number of nitrogens with two attached hydrogens (primary N) is 1. The van der Waals surface area contributed by atoms with Gasteiger partial charge in [0.15, 0.2) is 0 Å². The first-order valence-electron chi connectivity index (χ1n) is 6.56. The summed E-state index contributed by atoms with van der Waals surface area (Å²) in [5.41, 5.74) is 6.99. The standard InChI is InChI=1S/C14H21N3O/c1-10-5-6-17(9-11(10)2)14(18)13-4-3-12(7-15)8-16-13/h3-4,8,10-11H,5-7,9,15H2,1-2H3. The molecule has 1 aliphatic rings. The minimum atomic E-state index is 0.0392. The Morgan fingerprint density at radius 1 is 1.44 bits per heavy atom. The zero-order chi connectivity index (χ0) is 13.1. The molecular weight excluding hydrogens is 226 g/mol. The fourth-order valence-corrected chi connectivity index (χ4v) is 2.28. The number of pyridine rings is 1. The van der Waals surface area contributed by atoms with Crippen LogP contribution in [0.3, 0.4) is 0 Å². The molecule has 1 aromatic rings. The van der Waals surface area contributed by atoms with Gasteiger partial charge in [-0.15, -0.1) is 0 Å². The predicted molar refractivity (Wildman–Crippen MR) is 71.0 cm³/mol. The Morgan fingerprint density at radius 2 is 2.22 bits per heavy atom. The van der Waals surface area contributed by atoms with Crippen molar-refractivity contribution in [3.63, 3.8) is 0 Å². The van der Waals surface area contributed by atoms with Crippen molar-refractivity contribution in [2.45, 2.75) is 26.8 Å². The molecule has 2 unspecified atom stereocenters. The van der Waals surface area contributed by atoms with Crippen LogP contribution in [0.15, 0.2) is 18.3 Å². The summed E-state index contributed by atoms with van der Waals surface area (Å²) < 4.78 is 0. The highest BCUT2D eigenvalue weighted by Crippen LogP contribution is 2.23. The summed E-state index contributed by atoms with van der Waals surface area (Å²) in [5.74, 6) is 1.30. The van der Waals surface area contributed by atoms with E-state index in [0.717, 1.165) is 25.1 Å². The fourth-order valence-electron chi connectivity index (χ4n) is 2.28. The van der Waals surface area contributed by atoms with E-state index in [1.807, 2.05) is 11.0 Å². The summed E-state index contributed by atoms with van der Waals surface area (Å²) in [6.45, 7) is 6.58. The molecule has 18 heavy (non-hydrogen) atoms. The highest BCUT2D eigenvalue weighted by atomic mass is 16.2. The van der Waals surface area contributed by atoms with Gasteiger partial charge in [0.05, 0.1) is 0 Å². The molecule has 1 aromatic heterocycles. The molecule has 2 rings (SSSR count). The largest absolute Gasteiger partial charge is 0.337 e. The third kappa shape index (κ3) is 2.70. The molecule has 0 aliphatic carbocycles. The molecule has 2 N–H and O–H groups in total. The maximum Gasteiger partial charge on any atom is 0.272 e. The number of nitrogens with zero attached hydrogens (tertiary/aromatic N) is 2. The molecule has 2 atom stereocenters. The van der Waals surface area contributed by atoms with Crippen LogP contribution in [-0.4, -0.2) is 28.9 Å². The fraction of sp³-hybridized carbons (Fsp3) is 0.571. The van der Waals surface area contributed by atoms with E-state index in [4.69, 9.17) is 5.73 Å². The molecule has 1 saturated heterocycles. The first-order chi connectivity index (χ1) is 8.61. The quantitative estimate of drug-likeness (QED) is 0.864.